The van der Waals surface area contributed by atoms with E-state index in [-0.39, 0.29) is 25.4 Å². The highest BCUT2D eigenvalue weighted by Gasteiger charge is 2.29. The van der Waals surface area contributed by atoms with E-state index < -0.39 is 13.8 Å². The molecule has 0 aromatic carbocycles. The highest BCUT2D eigenvalue weighted by Crippen LogP contribution is 2.42. The van der Waals surface area contributed by atoms with Gasteiger partial charge in [-0.3, -0.25) is 0 Å². The molecule has 8 heteroatoms. The number of hydrogen-bond acceptors (Lipinski definition) is 5. The summed E-state index contributed by atoms with van der Waals surface area (Å²) in [5.41, 5.74) is 0.272. The molecule has 0 aliphatic heterocycles. The molecule has 0 aliphatic carbocycles. The lowest BCUT2D eigenvalue weighted by atomic mass is 10.4. The van der Waals surface area contributed by atoms with E-state index in [1.165, 1.54) is 6.92 Å². The Hall–Kier alpha value is -0.720. The van der Waals surface area contributed by atoms with E-state index in [0.717, 1.165) is 0 Å². The summed E-state index contributed by atoms with van der Waals surface area (Å²) in [6.45, 7) is 5.46. The molecule has 0 fully saturated rings. The second kappa shape index (κ2) is 7.77. The van der Waals surface area contributed by atoms with Crippen molar-refractivity contribution in [3.8, 4) is 0 Å². The largest absolute Gasteiger partial charge is 0.634 e. The maximum atomic E-state index is 11.5. The number of carbonyl (C=O) groups excluding carboxylic acids is 1. The van der Waals surface area contributed by atoms with Crippen molar-refractivity contribution in [1.29, 1.82) is 0 Å². The Bertz CT molecular complexity index is 363. The highest BCUT2D eigenvalue weighted by atomic mass is 31.2. The lowest BCUT2D eigenvalue weighted by molar-refractivity contribution is -0.870. The van der Waals surface area contributed by atoms with Gasteiger partial charge in [-0.25, -0.2) is 13.8 Å². The van der Waals surface area contributed by atoms with Crippen LogP contribution in [0.25, 0.3) is 0 Å². The van der Waals surface area contributed by atoms with Crippen LogP contribution in [0.1, 0.15) is 6.92 Å². The second-order valence-electron chi connectivity index (χ2n) is 5.09. The van der Waals surface area contributed by atoms with Crippen LogP contribution in [0, 0.1) is 0 Å². The predicted molar refractivity (Wildman–Crippen MR) is 71.8 cm³/mol. The van der Waals surface area contributed by atoms with Gasteiger partial charge in [-0.2, -0.15) is 4.57 Å². The third kappa shape index (κ3) is 10.9. The summed E-state index contributed by atoms with van der Waals surface area (Å²) >= 11 is 0. The molecular formula is C11H24NO6P+2. The summed E-state index contributed by atoms with van der Waals surface area (Å²) in [7, 11) is 2.03. The van der Waals surface area contributed by atoms with Gasteiger partial charge in [0, 0.05) is 5.57 Å². The first kappa shape index (κ1) is 18.3. The lowest BCUT2D eigenvalue weighted by Gasteiger charge is -2.23. The third-order valence-electron chi connectivity index (χ3n) is 1.95. The first-order valence-corrected chi connectivity index (χ1v) is 7.35. The molecule has 112 valence electrons. The van der Waals surface area contributed by atoms with E-state index in [9.17, 15) is 9.36 Å². The fraction of sp³-hybridized carbons (Fsp3) is 0.727. The fourth-order valence-corrected chi connectivity index (χ4v) is 1.60. The van der Waals surface area contributed by atoms with E-state index in [2.05, 4.69) is 6.58 Å². The molecule has 0 bridgehead atoms. The van der Waals surface area contributed by atoms with Crippen molar-refractivity contribution in [2.75, 3.05) is 47.5 Å². The van der Waals surface area contributed by atoms with Crippen molar-refractivity contribution in [2.45, 2.75) is 6.92 Å². The molecule has 7 nitrogen and oxygen atoms in total. The Morgan fingerprint density at radius 1 is 1.21 bits per heavy atom. The zero-order chi connectivity index (χ0) is 15.1. The summed E-state index contributed by atoms with van der Waals surface area (Å²) in [4.78, 5) is 18.4. The minimum atomic E-state index is -3.84. The molecule has 0 aromatic rings. The Morgan fingerprint density at radius 2 is 1.74 bits per heavy atom. The van der Waals surface area contributed by atoms with Crippen LogP contribution in [0.15, 0.2) is 12.2 Å². The van der Waals surface area contributed by atoms with Crippen molar-refractivity contribution in [3.05, 3.63) is 12.2 Å². The summed E-state index contributed by atoms with van der Waals surface area (Å²) in [6.07, 6.45) is 0. The predicted octanol–water partition coefficient (Wildman–Crippen LogP) is 0.678. The van der Waals surface area contributed by atoms with E-state index >= 15 is 0 Å². The van der Waals surface area contributed by atoms with Gasteiger partial charge in [0.1, 0.15) is 19.8 Å². The molecule has 19 heavy (non-hydrogen) atoms. The van der Waals surface area contributed by atoms with Crippen molar-refractivity contribution >= 4 is 13.8 Å². The number of nitrogens with zero attached hydrogens (tertiary/aromatic N) is 1. The van der Waals surface area contributed by atoms with Crippen LogP contribution >= 0.6 is 7.82 Å². The van der Waals surface area contributed by atoms with Crippen LogP contribution in [0.3, 0.4) is 0 Å². The van der Waals surface area contributed by atoms with Crippen LogP contribution < -0.4 is 0 Å². The minimum Gasteiger partial charge on any atom is -0.460 e. The maximum absolute atomic E-state index is 11.5. The number of ether oxygens (including phenoxy) is 1. The standard InChI is InChI=1S/C11H22NO6P/c1-10(2)11(13)16-8-9-18-19(14,15)17-7-6-12(3,4)5/h1,6-9H2,2-5H3/p+2. The molecule has 0 heterocycles. The van der Waals surface area contributed by atoms with Crippen LogP contribution in [-0.4, -0.2) is 62.9 Å². The van der Waals surface area contributed by atoms with Crippen molar-refractivity contribution in [3.63, 3.8) is 0 Å². The third-order valence-corrected chi connectivity index (χ3v) is 2.99. The van der Waals surface area contributed by atoms with Gasteiger partial charge < -0.3 is 14.1 Å². The Labute approximate surface area is 114 Å². The molecule has 0 spiro atoms. The average molecular weight is 297 g/mol. The van der Waals surface area contributed by atoms with Crippen LogP contribution in [0.2, 0.25) is 0 Å². The van der Waals surface area contributed by atoms with Gasteiger partial charge in [0.05, 0.1) is 27.7 Å². The van der Waals surface area contributed by atoms with Gasteiger partial charge in [-0.1, -0.05) is 6.58 Å². The molecule has 0 saturated heterocycles. The summed E-state index contributed by atoms with van der Waals surface area (Å²) in [6, 6.07) is 0. The molecule has 0 amide bonds. The smallest absolute Gasteiger partial charge is 0.460 e. The van der Waals surface area contributed by atoms with Crippen molar-refractivity contribution in [1.82, 2.24) is 0 Å². The van der Waals surface area contributed by atoms with Gasteiger partial charge in [0.2, 0.25) is 0 Å². The molecular weight excluding hydrogens is 273 g/mol. The molecule has 1 unspecified atom stereocenters. The molecule has 0 radical (unpaired) electrons. The molecule has 1 atom stereocenters. The van der Waals surface area contributed by atoms with Gasteiger partial charge in [-0.05, 0) is 6.92 Å². The topological polar surface area (TPSA) is 84.7 Å². The summed E-state index contributed by atoms with van der Waals surface area (Å²) in [5.74, 6) is -0.547. The molecule has 0 aromatic heterocycles. The normalized spacial score (nSPS) is 14.8. The quantitative estimate of drug-likeness (QED) is 0.156. The van der Waals surface area contributed by atoms with Gasteiger partial charge in [0.25, 0.3) is 0 Å². The van der Waals surface area contributed by atoms with E-state index in [0.29, 0.717) is 11.0 Å². The Balaban J connectivity index is 3.82. The van der Waals surface area contributed by atoms with E-state index in [4.69, 9.17) is 18.7 Å². The molecule has 2 N–H and O–H groups in total. The molecule has 0 aliphatic rings. The van der Waals surface area contributed by atoms with Crippen molar-refractivity contribution < 1.29 is 32.5 Å². The van der Waals surface area contributed by atoms with Crippen LogP contribution in [0.4, 0.5) is 0 Å². The fourth-order valence-electron chi connectivity index (χ4n) is 0.887. The van der Waals surface area contributed by atoms with Crippen LogP contribution in [-0.2, 0) is 23.1 Å². The first-order valence-electron chi connectivity index (χ1n) is 5.81. The highest BCUT2D eigenvalue weighted by molar-refractivity contribution is 7.47. The van der Waals surface area contributed by atoms with Crippen molar-refractivity contribution in [2.24, 2.45) is 0 Å². The molecule has 0 rings (SSSR count). The number of esters is 1. The minimum absolute atomic E-state index is 0.0900. The summed E-state index contributed by atoms with van der Waals surface area (Å²) < 4.78 is 26.5. The zero-order valence-electron chi connectivity index (χ0n) is 12.0. The number of likely N-dealkylation sites (N-methyl/N-ethyl adjacent to an activating group) is 1. The number of rotatable bonds is 9. The molecule has 0 saturated carbocycles. The van der Waals surface area contributed by atoms with E-state index in [1.54, 1.807) is 0 Å². The maximum Gasteiger partial charge on any atom is 0.634 e. The van der Waals surface area contributed by atoms with Gasteiger partial charge >= 0.3 is 13.8 Å². The Kier molecular flexibility index (Phi) is 7.47. The summed E-state index contributed by atoms with van der Waals surface area (Å²) in [5, 5.41) is 0. The number of quaternary nitrogens is 1. The first-order chi connectivity index (χ1) is 8.53. The Morgan fingerprint density at radius 3 is 2.21 bits per heavy atom. The van der Waals surface area contributed by atoms with Gasteiger partial charge in [0.15, 0.2) is 0 Å². The number of carbonyl (C=O) groups is 1. The monoisotopic (exact) mass is 297 g/mol. The zero-order valence-corrected chi connectivity index (χ0v) is 12.9. The van der Waals surface area contributed by atoms with Gasteiger partial charge in [-0.15, -0.1) is 0 Å². The van der Waals surface area contributed by atoms with E-state index in [1.807, 2.05) is 21.1 Å². The lowest BCUT2D eigenvalue weighted by Crippen LogP contribution is -2.37. The number of hydrogen-bond donors (Lipinski definition) is 0. The van der Waals surface area contributed by atoms with Crippen LogP contribution in [0.5, 0.6) is 0 Å². The second-order valence-corrected chi connectivity index (χ2v) is 6.61. The average Bonchev–Trinajstić information content (AvgIpc) is 2.21. The SMILES string of the molecule is C=C(C)C(=O)OCCOP(=O)([OH2+])OCC[N+](C)(C)C.